The van der Waals surface area contributed by atoms with Crippen molar-refractivity contribution in [2.75, 3.05) is 86.7 Å². The van der Waals surface area contributed by atoms with Crippen LogP contribution in [0.2, 0.25) is 0 Å². The Morgan fingerprint density at radius 2 is 1.59 bits per heavy atom. The maximum absolute atomic E-state index is 13.6. The molecular weight excluding hydrogens is 974 g/mol. The molecule has 4 aliphatic rings. The third-order valence-corrected chi connectivity index (χ3v) is 15.7. The second-order valence-corrected chi connectivity index (χ2v) is 22.7. The number of aromatic nitrogens is 4. The third kappa shape index (κ3) is 9.42. The summed E-state index contributed by atoms with van der Waals surface area (Å²) in [5.41, 5.74) is 7.80. The van der Waals surface area contributed by atoms with E-state index in [1.54, 1.807) is 43.5 Å². The van der Waals surface area contributed by atoms with Crippen molar-refractivity contribution in [1.82, 2.24) is 34.9 Å². The molecule has 0 aliphatic carbocycles. The lowest BCUT2D eigenvalue weighted by Crippen LogP contribution is -2.54. The van der Waals surface area contributed by atoms with Crippen LogP contribution in [-0.2, 0) is 21.2 Å². The summed E-state index contributed by atoms with van der Waals surface area (Å²) in [6, 6.07) is 24.4. The van der Waals surface area contributed by atoms with Crippen LogP contribution in [0.5, 0.6) is 5.75 Å². The van der Waals surface area contributed by atoms with Gasteiger partial charge in [0.05, 0.1) is 40.3 Å². The number of piperidine rings is 1. The van der Waals surface area contributed by atoms with Crippen LogP contribution in [0.1, 0.15) is 40.0 Å². The summed E-state index contributed by atoms with van der Waals surface area (Å²) >= 11 is 3.63. The normalized spacial score (nSPS) is 18.6. The molecule has 0 saturated carbocycles. The number of nitrogens with one attached hydrogen (secondary N) is 3. The van der Waals surface area contributed by atoms with Gasteiger partial charge in [-0.05, 0) is 95.5 Å². The Hall–Kier alpha value is -6.88. The van der Waals surface area contributed by atoms with Crippen LogP contribution in [0.4, 0.5) is 34.5 Å². The average Bonchev–Trinajstić information content (AvgIpc) is 4.07. The molecule has 2 aromatic heterocycles. The maximum atomic E-state index is 13.6. The summed E-state index contributed by atoms with van der Waals surface area (Å²) in [7, 11) is 0.832. The maximum Gasteiger partial charge on any atom is 0.262 e. The van der Waals surface area contributed by atoms with Gasteiger partial charge in [-0.15, -0.1) is 0 Å². The molecule has 6 aromatic rings. The molecular formula is C51H53BrN11O6P. The second kappa shape index (κ2) is 19.1. The number of methoxy groups -OCH3 is 1. The van der Waals surface area contributed by atoms with Crippen molar-refractivity contribution in [2.24, 2.45) is 13.0 Å². The first-order valence-electron chi connectivity index (χ1n) is 23.3. The van der Waals surface area contributed by atoms with Gasteiger partial charge in [-0.25, -0.2) is 4.98 Å². The number of hydrogen-bond donors (Lipinski definition) is 3. The van der Waals surface area contributed by atoms with E-state index in [4.69, 9.17) is 9.72 Å². The zero-order chi connectivity index (χ0) is 48.8. The van der Waals surface area contributed by atoms with Gasteiger partial charge in [0.2, 0.25) is 17.8 Å². The van der Waals surface area contributed by atoms with E-state index in [2.05, 4.69) is 68.8 Å². The highest BCUT2D eigenvalue weighted by Crippen LogP contribution is 2.43. The van der Waals surface area contributed by atoms with Gasteiger partial charge in [0.1, 0.15) is 24.8 Å². The molecule has 0 spiro atoms. The van der Waals surface area contributed by atoms with Crippen LogP contribution in [0.3, 0.4) is 0 Å². The highest BCUT2D eigenvalue weighted by molar-refractivity contribution is 9.10. The van der Waals surface area contributed by atoms with Crippen molar-refractivity contribution in [1.29, 1.82) is 0 Å². The molecule has 3 fully saturated rings. The van der Waals surface area contributed by atoms with E-state index >= 15 is 0 Å². The SMILES string of the molecule is COc1cc(N2CCN(CC3CCN(c4ccc5c(c4)C(=O)N(C4CCC(=O)NC4=O)C5=O)C3)CC2)c(-c2cnn(C)c2)cc1Nc1ncc(Br)c(Nc2ccc(-c3ccccc3)cc2P(C)(C)=O)n1. The van der Waals surface area contributed by atoms with Gasteiger partial charge in [0.15, 0.2) is 0 Å². The highest BCUT2D eigenvalue weighted by atomic mass is 79.9. The van der Waals surface area contributed by atoms with Crippen molar-refractivity contribution < 1.29 is 28.5 Å². The largest absolute Gasteiger partial charge is 0.494 e. The number of anilines is 6. The lowest BCUT2D eigenvalue weighted by Gasteiger charge is -2.38. The standard InChI is InChI=1S/C51H53BrN11O6P/c1-59-30-34(26-54-59)37-24-41(56-51-53-27-39(52)47(58-51)55-40-13-10-33(22-45(40)70(3,4)68)32-8-6-5-7-9-32)44(69-2)25-43(37)61-20-18-60(19-21-61)28-31-16-17-62(29-31)35-11-12-36-38(23-35)50(67)63(49(36)66)42-14-15-46(64)57-48(42)65/h5-13,22-27,30-31,42H,14-21,28-29H2,1-4H3,(H,57,64,65)(H2,53,55,56,58). The van der Waals surface area contributed by atoms with E-state index in [9.17, 15) is 23.7 Å². The molecule has 2 unspecified atom stereocenters. The average molecular weight is 1030 g/mol. The number of aryl methyl sites for hydroxylation is 1. The lowest BCUT2D eigenvalue weighted by molar-refractivity contribution is -0.136. The fourth-order valence-corrected chi connectivity index (χ4v) is 11.4. The number of piperazine rings is 1. The number of nitrogens with zero attached hydrogens (tertiary/aromatic N) is 8. The molecule has 10 rings (SSSR count). The summed E-state index contributed by atoms with van der Waals surface area (Å²) in [5, 5.41) is 14.3. The van der Waals surface area contributed by atoms with Crippen LogP contribution in [0.15, 0.2) is 102 Å². The quantitative estimate of drug-likeness (QED) is 0.0786. The fraction of sp³-hybridized carbons (Fsp3) is 0.314. The zero-order valence-corrected chi connectivity index (χ0v) is 41.8. The highest BCUT2D eigenvalue weighted by Gasteiger charge is 2.45. The van der Waals surface area contributed by atoms with E-state index in [0.717, 1.165) is 90.8 Å². The summed E-state index contributed by atoms with van der Waals surface area (Å²) in [4.78, 5) is 68.7. The first-order valence-corrected chi connectivity index (χ1v) is 26.7. The molecule has 3 N–H and O–H groups in total. The number of halogens is 1. The molecule has 19 heteroatoms. The van der Waals surface area contributed by atoms with E-state index in [0.29, 0.717) is 50.1 Å². The van der Waals surface area contributed by atoms with Gasteiger partial charge < -0.3 is 29.7 Å². The molecule has 70 heavy (non-hydrogen) atoms. The van der Waals surface area contributed by atoms with Gasteiger partial charge in [-0.3, -0.25) is 39.0 Å². The number of carbonyl (C=O) groups is 4. The van der Waals surface area contributed by atoms with Crippen LogP contribution in [0, 0.1) is 5.92 Å². The number of carbonyl (C=O) groups excluding carboxylic acids is 4. The number of ether oxygens (including phenoxy) is 1. The van der Waals surface area contributed by atoms with Crippen molar-refractivity contribution >= 4 is 86.5 Å². The molecule has 360 valence electrons. The molecule has 17 nitrogen and oxygen atoms in total. The number of rotatable bonds is 13. The number of fused-ring (bicyclic) bond motifs is 1. The minimum atomic E-state index is -2.72. The van der Waals surface area contributed by atoms with Crippen LogP contribution in [-0.4, -0.2) is 125 Å². The first kappa shape index (κ1) is 46.8. The number of hydrogen-bond acceptors (Lipinski definition) is 14. The summed E-state index contributed by atoms with van der Waals surface area (Å²) in [6.45, 7) is 9.42. The number of benzene rings is 4. The summed E-state index contributed by atoms with van der Waals surface area (Å²) < 4.78 is 22.1. The van der Waals surface area contributed by atoms with Gasteiger partial charge in [0, 0.05) is 106 Å². The monoisotopic (exact) mass is 1030 g/mol. The number of amides is 4. The minimum absolute atomic E-state index is 0.0794. The molecule has 4 amide bonds. The molecule has 0 radical (unpaired) electrons. The van der Waals surface area contributed by atoms with Crippen molar-refractivity contribution in [3.63, 3.8) is 0 Å². The van der Waals surface area contributed by atoms with Crippen molar-refractivity contribution in [3.05, 3.63) is 113 Å². The van der Waals surface area contributed by atoms with Gasteiger partial charge in [-0.1, -0.05) is 36.4 Å². The van der Waals surface area contributed by atoms with E-state index in [1.807, 2.05) is 74.0 Å². The first-order chi connectivity index (χ1) is 33.7. The lowest BCUT2D eigenvalue weighted by atomic mass is 10.0. The van der Waals surface area contributed by atoms with Crippen molar-refractivity contribution in [3.8, 4) is 28.0 Å². The van der Waals surface area contributed by atoms with E-state index in [-0.39, 0.29) is 18.4 Å². The summed E-state index contributed by atoms with van der Waals surface area (Å²) in [5.74, 6) is -0.141. The number of imide groups is 2. The Labute approximate surface area is 414 Å². The molecule has 0 bridgehead atoms. The Morgan fingerprint density at radius 3 is 2.31 bits per heavy atom. The van der Waals surface area contributed by atoms with Gasteiger partial charge in [0.25, 0.3) is 11.8 Å². The predicted molar refractivity (Wildman–Crippen MR) is 275 cm³/mol. The molecule has 3 saturated heterocycles. The second-order valence-electron chi connectivity index (χ2n) is 18.6. The molecule has 2 atom stereocenters. The Bertz CT molecular complexity index is 3100. The van der Waals surface area contributed by atoms with E-state index in [1.165, 1.54) is 0 Å². The minimum Gasteiger partial charge on any atom is -0.494 e. The Balaban J connectivity index is 0.816. The zero-order valence-electron chi connectivity index (χ0n) is 39.3. The van der Waals surface area contributed by atoms with Crippen LogP contribution < -0.4 is 35.8 Å². The predicted octanol–water partition coefficient (Wildman–Crippen LogP) is 7.10. The van der Waals surface area contributed by atoms with Crippen molar-refractivity contribution in [2.45, 2.75) is 25.3 Å². The smallest absolute Gasteiger partial charge is 0.262 e. The van der Waals surface area contributed by atoms with Crippen LogP contribution in [0.25, 0.3) is 22.3 Å². The fourth-order valence-electron chi connectivity index (χ4n) is 9.95. The van der Waals surface area contributed by atoms with Gasteiger partial charge in [-0.2, -0.15) is 10.1 Å². The third-order valence-electron chi connectivity index (χ3n) is 13.6. The molecule has 4 aliphatic heterocycles. The Morgan fingerprint density at radius 1 is 0.800 bits per heavy atom. The van der Waals surface area contributed by atoms with Gasteiger partial charge >= 0.3 is 0 Å². The van der Waals surface area contributed by atoms with Crippen LogP contribution >= 0.6 is 23.1 Å². The van der Waals surface area contributed by atoms with E-state index < -0.39 is 36.8 Å². The molecule has 6 heterocycles. The molecule has 4 aromatic carbocycles. The summed E-state index contributed by atoms with van der Waals surface area (Å²) in [6.07, 6.45) is 6.73. The Kier molecular flexibility index (Phi) is 12.8. The topological polar surface area (TPSA) is 187 Å².